The van der Waals surface area contributed by atoms with Crippen LogP contribution in [0.3, 0.4) is 0 Å². The predicted molar refractivity (Wildman–Crippen MR) is 62.6 cm³/mol. The number of hydrogen-bond acceptors (Lipinski definition) is 3. The average molecular weight is 274 g/mol. The Morgan fingerprint density at radius 3 is 2.74 bits per heavy atom. The molecule has 0 bridgehead atoms. The molecule has 5 nitrogen and oxygen atoms in total. The third kappa shape index (κ3) is 3.27. The van der Waals surface area contributed by atoms with Gasteiger partial charge in [0, 0.05) is 25.3 Å². The van der Waals surface area contributed by atoms with Crippen molar-refractivity contribution in [2.75, 3.05) is 18.0 Å². The third-order valence-electron chi connectivity index (χ3n) is 2.93. The molecule has 2 amide bonds. The van der Waals surface area contributed by atoms with Crippen LogP contribution < -0.4 is 16.0 Å². The molecule has 1 atom stereocenters. The molecule has 1 aromatic heterocycles. The van der Waals surface area contributed by atoms with Crippen molar-refractivity contribution in [3.8, 4) is 0 Å². The van der Waals surface area contributed by atoms with Gasteiger partial charge >= 0.3 is 12.2 Å². The SMILES string of the molecule is NC(=O)NC1CCN(c2ccc(C(F)(F)F)cn2)C1. The van der Waals surface area contributed by atoms with Crippen LogP contribution in [0.2, 0.25) is 0 Å². The third-order valence-corrected chi connectivity index (χ3v) is 2.93. The van der Waals surface area contributed by atoms with Crippen LogP contribution in [-0.4, -0.2) is 30.1 Å². The first-order chi connectivity index (χ1) is 8.86. The fourth-order valence-corrected chi connectivity index (χ4v) is 2.03. The number of anilines is 1. The molecule has 0 radical (unpaired) electrons. The predicted octanol–water partition coefficient (Wildman–Crippen LogP) is 1.35. The number of primary amides is 1. The summed E-state index contributed by atoms with van der Waals surface area (Å²) >= 11 is 0. The van der Waals surface area contributed by atoms with Gasteiger partial charge in [-0.2, -0.15) is 13.2 Å². The molecule has 0 aromatic carbocycles. The molecule has 0 spiro atoms. The van der Waals surface area contributed by atoms with Crippen molar-refractivity contribution in [2.45, 2.75) is 18.6 Å². The number of nitrogens with two attached hydrogens (primary N) is 1. The van der Waals surface area contributed by atoms with Gasteiger partial charge in [0.1, 0.15) is 5.82 Å². The number of rotatable bonds is 2. The summed E-state index contributed by atoms with van der Waals surface area (Å²) in [6.45, 7) is 1.10. The van der Waals surface area contributed by atoms with E-state index in [9.17, 15) is 18.0 Å². The Hall–Kier alpha value is -1.99. The highest BCUT2D eigenvalue weighted by molar-refractivity contribution is 5.72. The van der Waals surface area contributed by atoms with Gasteiger partial charge in [-0.25, -0.2) is 9.78 Å². The maximum absolute atomic E-state index is 12.4. The van der Waals surface area contributed by atoms with E-state index in [0.29, 0.717) is 25.3 Å². The Kier molecular flexibility index (Phi) is 3.50. The molecule has 1 aliphatic rings. The molecule has 1 aliphatic heterocycles. The van der Waals surface area contributed by atoms with Crippen LogP contribution in [0.1, 0.15) is 12.0 Å². The number of carbonyl (C=O) groups excluding carboxylic acids is 1. The standard InChI is InChI=1S/C11H13F3N4O/c12-11(13,14)7-1-2-9(16-5-7)18-4-3-8(6-18)17-10(15)19/h1-2,5,8H,3-4,6H2,(H3,15,17,19). The number of nitrogens with zero attached hydrogens (tertiary/aromatic N) is 2. The first kappa shape index (κ1) is 13.4. The van der Waals surface area contributed by atoms with Gasteiger partial charge in [-0.1, -0.05) is 0 Å². The number of urea groups is 1. The van der Waals surface area contributed by atoms with Crippen molar-refractivity contribution < 1.29 is 18.0 Å². The number of amides is 2. The van der Waals surface area contributed by atoms with Crippen molar-refractivity contribution >= 4 is 11.8 Å². The second kappa shape index (κ2) is 4.94. The maximum Gasteiger partial charge on any atom is 0.417 e. The monoisotopic (exact) mass is 274 g/mol. The lowest BCUT2D eigenvalue weighted by Gasteiger charge is -2.18. The average Bonchev–Trinajstić information content (AvgIpc) is 2.75. The molecule has 0 aliphatic carbocycles. The van der Waals surface area contributed by atoms with E-state index < -0.39 is 17.8 Å². The van der Waals surface area contributed by atoms with E-state index >= 15 is 0 Å². The van der Waals surface area contributed by atoms with Crippen LogP contribution in [0.25, 0.3) is 0 Å². The van der Waals surface area contributed by atoms with Crippen molar-refractivity contribution in [3.63, 3.8) is 0 Å². The normalized spacial score (nSPS) is 19.5. The van der Waals surface area contributed by atoms with Gasteiger partial charge in [0.2, 0.25) is 0 Å². The zero-order chi connectivity index (χ0) is 14.0. The fourth-order valence-electron chi connectivity index (χ4n) is 2.03. The van der Waals surface area contributed by atoms with Crippen LogP contribution in [0.5, 0.6) is 0 Å². The van der Waals surface area contributed by atoms with Crippen LogP contribution in [0.15, 0.2) is 18.3 Å². The van der Waals surface area contributed by atoms with E-state index in [1.807, 2.05) is 0 Å². The molecular formula is C11H13F3N4O. The number of alkyl halides is 3. The Balaban J connectivity index is 2.02. The molecule has 19 heavy (non-hydrogen) atoms. The van der Waals surface area contributed by atoms with Crippen molar-refractivity contribution in [1.29, 1.82) is 0 Å². The molecular weight excluding hydrogens is 261 g/mol. The Morgan fingerprint density at radius 2 is 2.21 bits per heavy atom. The number of halogens is 3. The van der Waals surface area contributed by atoms with E-state index in [4.69, 9.17) is 5.73 Å². The van der Waals surface area contributed by atoms with Gasteiger partial charge in [0.25, 0.3) is 0 Å². The van der Waals surface area contributed by atoms with E-state index in [2.05, 4.69) is 10.3 Å². The second-order valence-electron chi connectivity index (χ2n) is 4.34. The van der Waals surface area contributed by atoms with Crippen LogP contribution >= 0.6 is 0 Å². The van der Waals surface area contributed by atoms with E-state index in [-0.39, 0.29) is 6.04 Å². The summed E-state index contributed by atoms with van der Waals surface area (Å²) in [6, 6.07) is 1.63. The molecule has 1 saturated heterocycles. The molecule has 2 heterocycles. The minimum atomic E-state index is -4.38. The van der Waals surface area contributed by atoms with Crippen LogP contribution in [0, 0.1) is 0 Å². The Bertz CT molecular complexity index is 460. The van der Waals surface area contributed by atoms with Crippen molar-refractivity contribution in [2.24, 2.45) is 5.73 Å². The summed E-state index contributed by atoms with van der Waals surface area (Å²) in [4.78, 5) is 16.3. The summed E-state index contributed by atoms with van der Waals surface area (Å²) in [5, 5.41) is 2.57. The van der Waals surface area contributed by atoms with Crippen molar-refractivity contribution in [1.82, 2.24) is 10.3 Å². The number of hydrogen-bond donors (Lipinski definition) is 2. The number of pyridine rings is 1. The van der Waals surface area contributed by atoms with Crippen LogP contribution in [-0.2, 0) is 6.18 Å². The number of nitrogens with one attached hydrogen (secondary N) is 1. The van der Waals surface area contributed by atoms with E-state index in [1.54, 1.807) is 4.90 Å². The van der Waals surface area contributed by atoms with Gasteiger partial charge in [-0.3, -0.25) is 0 Å². The summed E-state index contributed by atoms with van der Waals surface area (Å²) in [7, 11) is 0. The highest BCUT2D eigenvalue weighted by atomic mass is 19.4. The highest BCUT2D eigenvalue weighted by Crippen LogP contribution is 2.29. The molecule has 8 heteroatoms. The number of carbonyl (C=O) groups is 1. The maximum atomic E-state index is 12.4. The lowest BCUT2D eigenvalue weighted by atomic mass is 10.2. The molecule has 104 valence electrons. The largest absolute Gasteiger partial charge is 0.417 e. The van der Waals surface area contributed by atoms with Gasteiger partial charge in [-0.05, 0) is 18.6 Å². The first-order valence-corrected chi connectivity index (χ1v) is 5.70. The zero-order valence-corrected chi connectivity index (χ0v) is 9.94. The molecule has 3 N–H and O–H groups in total. The zero-order valence-electron chi connectivity index (χ0n) is 9.94. The van der Waals surface area contributed by atoms with Crippen molar-refractivity contribution in [3.05, 3.63) is 23.9 Å². The Morgan fingerprint density at radius 1 is 1.47 bits per heavy atom. The Labute approximate surface area is 107 Å². The molecule has 0 saturated carbocycles. The molecule has 1 aromatic rings. The summed E-state index contributed by atoms with van der Waals surface area (Å²) < 4.78 is 37.2. The van der Waals surface area contributed by atoms with Gasteiger partial charge in [-0.15, -0.1) is 0 Å². The highest BCUT2D eigenvalue weighted by Gasteiger charge is 2.31. The summed E-state index contributed by atoms with van der Waals surface area (Å²) in [5.74, 6) is 0.460. The second-order valence-corrected chi connectivity index (χ2v) is 4.34. The summed E-state index contributed by atoms with van der Waals surface area (Å²) in [6.07, 6.45) is -2.89. The fraction of sp³-hybridized carbons (Fsp3) is 0.455. The minimum absolute atomic E-state index is 0.0957. The topological polar surface area (TPSA) is 71.2 Å². The smallest absolute Gasteiger partial charge is 0.354 e. The molecule has 1 fully saturated rings. The minimum Gasteiger partial charge on any atom is -0.354 e. The quantitative estimate of drug-likeness (QED) is 0.855. The van der Waals surface area contributed by atoms with Gasteiger partial charge < -0.3 is 16.0 Å². The van der Waals surface area contributed by atoms with Gasteiger partial charge in [0.05, 0.1) is 5.56 Å². The van der Waals surface area contributed by atoms with E-state index in [0.717, 1.165) is 12.3 Å². The lowest BCUT2D eigenvalue weighted by molar-refractivity contribution is -0.137. The molecule has 2 rings (SSSR count). The number of aromatic nitrogens is 1. The van der Waals surface area contributed by atoms with E-state index in [1.165, 1.54) is 6.07 Å². The first-order valence-electron chi connectivity index (χ1n) is 5.70. The van der Waals surface area contributed by atoms with Gasteiger partial charge in [0.15, 0.2) is 0 Å². The lowest BCUT2D eigenvalue weighted by Crippen LogP contribution is -2.40. The van der Waals surface area contributed by atoms with Crippen LogP contribution in [0.4, 0.5) is 23.8 Å². The summed E-state index contributed by atoms with van der Waals surface area (Å²) in [5.41, 5.74) is 4.24. The molecule has 1 unspecified atom stereocenters.